The van der Waals surface area contributed by atoms with Crippen molar-refractivity contribution in [2.45, 2.75) is 23.8 Å². The van der Waals surface area contributed by atoms with Gasteiger partial charge in [-0.15, -0.1) is 11.3 Å². The van der Waals surface area contributed by atoms with Crippen molar-refractivity contribution >= 4 is 59.2 Å². The number of carboxylic acids is 1. The van der Waals surface area contributed by atoms with Crippen LogP contribution in [0, 0.1) is 5.92 Å². The third kappa shape index (κ3) is 3.13. The predicted octanol–water partition coefficient (Wildman–Crippen LogP) is 2.41. The van der Waals surface area contributed by atoms with Gasteiger partial charge < -0.3 is 5.11 Å². The molecular weight excluding hydrogens is 410 g/mol. The zero-order chi connectivity index (χ0) is 13.5. The molecule has 1 heterocycles. The Bertz CT molecular complexity index is 579. The summed E-state index contributed by atoms with van der Waals surface area (Å²) in [5, 5.41) is 9.02. The van der Waals surface area contributed by atoms with Gasteiger partial charge in [-0.05, 0) is 56.7 Å². The highest BCUT2D eigenvalue weighted by Crippen LogP contribution is 2.37. The number of aliphatic carboxylic acids is 1. The van der Waals surface area contributed by atoms with Crippen LogP contribution >= 0.6 is 43.2 Å². The van der Waals surface area contributed by atoms with E-state index in [-0.39, 0.29) is 10.8 Å². The van der Waals surface area contributed by atoms with Crippen molar-refractivity contribution in [3.63, 3.8) is 0 Å². The summed E-state index contributed by atoms with van der Waals surface area (Å²) in [5.41, 5.74) is 0. The molecule has 1 fully saturated rings. The molecule has 18 heavy (non-hydrogen) atoms. The second-order valence-electron chi connectivity index (χ2n) is 3.96. The summed E-state index contributed by atoms with van der Waals surface area (Å²) in [6.45, 7) is 0. The number of sulfonamides is 1. The fourth-order valence-electron chi connectivity index (χ4n) is 1.52. The van der Waals surface area contributed by atoms with Gasteiger partial charge in [0.05, 0.1) is 7.57 Å². The molecule has 1 atom stereocenters. The minimum absolute atomic E-state index is 0.0614. The average Bonchev–Trinajstić information content (AvgIpc) is 3.00. The van der Waals surface area contributed by atoms with Crippen LogP contribution in [-0.2, 0) is 14.8 Å². The molecule has 9 heteroatoms. The number of nitrogens with one attached hydrogen (secondary N) is 1. The Hall–Kier alpha value is 0.0400. The van der Waals surface area contributed by atoms with Crippen molar-refractivity contribution in [1.82, 2.24) is 4.72 Å². The molecular formula is C9H9Br2NO4S2. The Kier molecular flexibility index (Phi) is 4.17. The van der Waals surface area contributed by atoms with Gasteiger partial charge in [0.25, 0.3) is 0 Å². The van der Waals surface area contributed by atoms with Crippen LogP contribution in [0.4, 0.5) is 0 Å². The first-order valence-electron chi connectivity index (χ1n) is 5.01. The molecule has 0 bridgehead atoms. The van der Waals surface area contributed by atoms with Crippen molar-refractivity contribution < 1.29 is 18.3 Å². The molecule has 1 aromatic rings. The highest BCUT2D eigenvalue weighted by molar-refractivity contribution is 9.12. The Labute approximate surface area is 125 Å². The maximum absolute atomic E-state index is 12.1. The lowest BCUT2D eigenvalue weighted by atomic mass is 10.2. The molecule has 1 unspecified atom stereocenters. The molecule has 0 spiro atoms. The van der Waals surface area contributed by atoms with Crippen LogP contribution in [0.15, 0.2) is 18.5 Å². The van der Waals surface area contributed by atoms with Gasteiger partial charge in [0.15, 0.2) is 0 Å². The van der Waals surface area contributed by atoms with Gasteiger partial charge in [0, 0.05) is 0 Å². The zero-order valence-corrected chi connectivity index (χ0v) is 13.7. The summed E-state index contributed by atoms with van der Waals surface area (Å²) in [7, 11) is -3.82. The van der Waals surface area contributed by atoms with Crippen LogP contribution in [0.1, 0.15) is 12.8 Å². The third-order valence-electron chi connectivity index (χ3n) is 2.56. The van der Waals surface area contributed by atoms with Crippen molar-refractivity contribution in [3.8, 4) is 0 Å². The van der Waals surface area contributed by atoms with Crippen LogP contribution < -0.4 is 4.72 Å². The smallest absolute Gasteiger partial charge is 0.322 e. The first-order chi connectivity index (χ1) is 8.31. The zero-order valence-electron chi connectivity index (χ0n) is 8.89. The largest absolute Gasteiger partial charge is 0.480 e. The Balaban J connectivity index is 2.26. The van der Waals surface area contributed by atoms with Crippen LogP contribution in [-0.4, -0.2) is 25.5 Å². The topological polar surface area (TPSA) is 83.5 Å². The summed E-state index contributed by atoms with van der Waals surface area (Å²) in [4.78, 5) is 11.1. The first-order valence-corrected chi connectivity index (χ1v) is 8.90. The average molecular weight is 419 g/mol. The quantitative estimate of drug-likeness (QED) is 0.768. The van der Waals surface area contributed by atoms with E-state index in [1.165, 1.54) is 17.4 Å². The van der Waals surface area contributed by atoms with E-state index in [1.54, 1.807) is 0 Å². The minimum atomic E-state index is -3.82. The van der Waals surface area contributed by atoms with Gasteiger partial charge in [0.1, 0.15) is 10.9 Å². The Morgan fingerprint density at radius 3 is 2.50 bits per heavy atom. The second-order valence-corrected chi connectivity index (χ2v) is 9.39. The predicted molar refractivity (Wildman–Crippen MR) is 74.2 cm³/mol. The number of hydrogen-bond acceptors (Lipinski definition) is 4. The van der Waals surface area contributed by atoms with E-state index < -0.39 is 22.0 Å². The SMILES string of the molecule is O=C(O)C(NS(=O)(=O)c1cc(Br)sc1Br)C1CC1. The van der Waals surface area contributed by atoms with E-state index in [2.05, 4.69) is 36.6 Å². The van der Waals surface area contributed by atoms with Gasteiger partial charge in [-0.3, -0.25) is 4.79 Å². The van der Waals surface area contributed by atoms with E-state index in [1.807, 2.05) is 0 Å². The number of halogens is 2. The monoisotopic (exact) mass is 417 g/mol. The number of hydrogen-bond donors (Lipinski definition) is 2. The lowest BCUT2D eigenvalue weighted by molar-refractivity contribution is -0.139. The summed E-state index contributed by atoms with van der Waals surface area (Å²) < 4.78 is 27.5. The van der Waals surface area contributed by atoms with E-state index in [9.17, 15) is 13.2 Å². The fourth-order valence-corrected chi connectivity index (χ4v) is 6.59. The Morgan fingerprint density at radius 1 is 1.50 bits per heavy atom. The van der Waals surface area contributed by atoms with Crippen molar-refractivity contribution in [2.75, 3.05) is 0 Å². The normalized spacial score (nSPS) is 17.7. The molecule has 2 N–H and O–H groups in total. The molecule has 2 rings (SSSR count). The van der Waals surface area contributed by atoms with Gasteiger partial charge in [0.2, 0.25) is 10.0 Å². The molecule has 1 aromatic heterocycles. The molecule has 1 saturated carbocycles. The van der Waals surface area contributed by atoms with Gasteiger partial charge >= 0.3 is 5.97 Å². The second kappa shape index (κ2) is 5.20. The molecule has 100 valence electrons. The van der Waals surface area contributed by atoms with Crippen molar-refractivity contribution in [2.24, 2.45) is 5.92 Å². The van der Waals surface area contributed by atoms with E-state index >= 15 is 0 Å². The maximum atomic E-state index is 12.1. The summed E-state index contributed by atoms with van der Waals surface area (Å²) >= 11 is 7.57. The molecule has 0 saturated heterocycles. The molecule has 0 aromatic carbocycles. The van der Waals surface area contributed by atoms with E-state index in [4.69, 9.17) is 5.11 Å². The minimum Gasteiger partial charge on any atom is -0.480 e. The van der Waals surface area contributed by atoms with Crippen LogP contribution in [0.5, 0.6) is 0 Å². The summed E-state index contributed by atoms with van der Waals surface area (Å²) in [6.07, 6.45) is 1.49. The molecule has 1 aliphatic carbocycles. The maximum Gasteiger partial charge on any atom is 0.322 e. The molecule has 0 amide bonds. The molecule has 5 nitrogen and oxygen atoms in total. The summed E-state index contributed by atoms with van der Waals surface area (Å²) in [6, 6.07) is 0.406. The third-order valence-corrected chi connectivity index (χ3v) is 6.75. The fraction of sp³-hybridized carbons (Fsp3) is 0.444. The van der Waals surface area contributed by atoms with Crippen molar-refractivity contribution in [3.05, 3.63) is 13.6 Å². The highest BCUT2D eigenvalue weighted by atomic mass is 79.9. The Morgan fingerprint density at radius 2 is 2.11 bits per heavy atom. The lowest BCUT2D eigenvalue weighted by Crippen LogP contribution is -2.42. The van der Waals surface area contributed by atoms with Gasteiger partial charge in [-0.1, -0.05) is 0 Å². The van der Waals surface area contributed by atoms with Gasteiger partial charge in [-0.25, -0.2) is 8.42 Å². The lowest BCUT2D eigenvalue weighted by Gasteiger charge is -2.13. The van der Waals surface area contributed by atoms with Crippen LogP contribution in [0.3, 0.4) is 0 Å². The number of rotatable bonds is 5. The van der Waals surface area contributed by atoms with Crippen LogP contribution in [0.2, 0.25) is 0 Å². The standard InChI is InChI=1S/C9H9Br2NO4S2/c10-6-3-5(8(11)17-6)18(15,16)12-7(9(13)14)4-1-2-4/h3-4,7,12H,1-2H2,(H,13,14). The van der Waals surface area contributed by atoms with Crippen molar-refractivity contribution in [1.29, 1.82) is 0 Å². The number of carbonyl (C=O) groups is 1. The van der Waals surface area contributed by atoms with E-state index in [0.717, 1.165) is 12.8 Å². The van der Waals surface area contributed by atoms with E-state index in [0.29, 0.717) is 7.57 Å². The number of carboxylic acid groups (broad SMARTS) is 1. The molecule has 1 aliphatic rings. The van der Waals surface area contributed by atoms with Gasteiger partial charge in [-0.2, -0.15) is 4.72 Å². The highest BCUT2D eigenvalue weighted by Gasteiger charge is 2.39. The molecule has 0 aliphatic heterocycles. The molecule has 0 radical (unpaired) electrons. The number of thiophene rings is 1. The first kappa shape index (κ1) is 14.4. The van der Waals surface area contributed by atoms with Crippen LogP contribution in [0.25, 0.3) is 0 Å². The summed E-state index contributed by atoms with van der Waals surface area (Å²) in [5.74, 6) is -1.23.